The highest BCUT2D eigenvalue weighted by Gasteiger charge is 2.21. The molecule has 2 aromatic rings. The van der Waals surface area contributed by atoms with Crippen LogP contribution in [0, 0.1) is 0 Å². The largest absolute Gasteiger partial charge is 0.0843 e. The Morgan fingerprint density at radius 1 is 0.941 bits per heavy atom. The third-order valence-electron chi connectivity index (χ3n) is 3.75. The van der Waals surface area contributed by atoms with E-state index in [9.17, 15) is 0 Å². The zero-order valence-corrected chi connectivity index (χ0v) is 10.1. The molecule has 0 heterocycles. The summed E-state index contributed by atoms with van der Waals surface area (Å²) >= 11 is 6.12. The summed E-state index contributed by atoms with van der Waals surface area (Å²) in [6, 6.07) is 12.8. The molecule has 0 fully saturated rings. The van der Waals surface area contributed by atoms with Crippen LogP contribution in [0.5, 0.6) is 0 Å². The monoisotopic (exact) mass is 238 g/mol. The highest BCUT2D eigenvalue weighted by molar-refractivity contribution is 6.31. The molecule has 82 valence electrons. The second-order valence-corrected chi connectivity index (χ2v) is 5.12. The summed E-state index contributed by atoms with van der Waals surface area (Å²) in [4.78, 5) is 0. The average Bonchev–Trinajstić information content (AvgIpc) is 2.67. The molecule has 17 heavy (non-hydrogen) atoms. The van der Waals surface area contributed by atoms with Crippen LogP contribution >= 0.6 is 11.6 Å². The molecular formula is C16H11Cl. The molecule has 0 aromatic heterocycles. The van der Waals surface area contributed by atoms with Crippen molar-refractivity contribution in [3.8, 4) is 11.1 Å². The third-order valence-corrected chi connectivity index (χ3v) is 3.99. The maximum Gasteiger partial charge on any atom is 0.0412 e. The fraction of sp³-hybridized carbons (Fsp3) is 0.125. The summed E-state index contributed by atoms with van der Waals surface area (Å²) in [7, 11) is 0. The minimum Gasteiger partial charge on any atom is -0.0843 e. The van der Waals surface area contributed by atoms with Crippen LogP contribution in [-0.4, -0.2) is 0 Å². The van der Waals surface area contributed by atoms with Gasteiger partial charge in [-0.25, -0.2) is 0 Å². The van der Waals surface area contributed by atoms with Crippen molar-refractivity contribution in [3.05, 3.63) is 57.4 Å². The molecule has 0 amide bonds. The van der Waals surface area contributed by atoms with Crippen LogP contribution in [0.1, 0.15) is 18.4 Å². The van der Waals surface area contributed by atoms with Crippen molar-refractivity contribution in [1.82, 2.24) is 0 Å². The van der Waals surface area contributed by atoms with Crippen LogP contribution in [0.25, 0.3) is 22.8 Å². The molecule has 0 spiro atoms. The molecule has 4 rings (SSSR count). The molecule has 0 aliphatic heterocycles. The van der Waals surface area contributed by atoms with Crippen LogP contribution < -0.4 is 10.4 Å². The molecule has 0 radical (unpaired) electrons. The lowest BCUT2D eigenvalue weighted by Crippen LogP contribution is -2.28. The van der Waals surface area contributed by atoms with E-state index in [1.54, 1.807) is 0 Å². The lowest BCUT2D eigenvalue weighted by atomic mass is 9.98. The van der Waals surface area contributed by atoms with Gasteiger partial charge in [-0.1, -0.05) is 41.9 Å². The quantitative estimate of drug-likeness (QED) is 0.662. The first-order valence-electron chi connectivity index (χ1n) is 5.97. The van der Waals surface area contributed by atoms with Crippen molar-refractivity contribution in [2.24, 2.45) is 0 Å². The number of fused-ring (bicyclic) bond motifs is 3. The molecule has 0 saturated carbocycles. The van der Waals surface area contributed by atoms with Gasteiger partial charge in [0.15, 0.2) is 0 Å². The van der Waals surface area contributed by atoms with Gasteiger partial charge in [0.2, 0.25) is 0 Å². The van der Waals surface area contributed by atoms with Gasteiger partial charge in [0, 0.05) is 5.02 Å². The van der Waals surface area contributed by atoms with Crippen molar-refractivity contribution in [1.29, 1.82) is 0 Å². The fourth-order valence-electron chi connectivity index (χ4n) is 3.07. The molecule has 2 aliphatic rings. The molecule has 0 saturated heterocycles. The van der Waals surface area contributed by atoms with Gasteiger partial charge in [-0.05, 0) is 57.7 Å². The zero-order valence-electron chi connectivity index (χ0n) is 9.33. The predicted octanol–water partition coefficient (Wildman–Crippen LogP) is 3.09. The van der Waals surface area contributed by atoms with E-state index in [0.717, 1.165) is 17.9 Å². The van der Waals surface area contributed by atoms with Crippen molar-refractivity contribution >= 4 is 23.3 Å². The zero-order chi connectivity index (χ0) is 11.4. The normalized spacial score (nSPS) is 15.2. The summed E-state index contributed by atoms with van der Waals surface area (Å²) in [5, 5.41) is 3.65. The summed E-state index contributed by atoms with van der Waals surface area (Å²) in [5.74, 6) is 0. The Bertz CT molecular complexity index is 754. The van der Waals surface area contributed by atoms with E-state index in [1.165, 1.54) is 32.7 Å². The van der Waals surface area contributed by atoms with Gasteiger partial charge < -0.3 is 0 Å². The Morgan fingerprint density at radius 3 is 2.82 bits per heavy atom. The summed E-state index contributed by atoms with van der Waals surface area (Å²) < 4.78 is 0. The van der Waals surface area contributed by atoms with E-state index < -0.39 is 0 Å². The van der Waals surface area contributed by atoms with E-state index in [2.05, 4.69) is 36.4 Å². The second-order valence-electron chi connectivity index (χ2n) is 4.68. The van der Waals surface area contributed by atoms with E-state index in [1.807, 2.05) is 6.07 Å². The maximum absolute atomic E-state index is 6.12. The highest BCUT2D eigenvalue weighted by atomic mass is 35.5. The Hall–Kier alpha value is -1.53. The van der Waals surface area contributed by atoms with Crippen LogP contribution in [0.2, 0.25) is 5.02 Å². The van der Waals surface area contributed by atoms with Gasteiger partial charge in [-0.15, -0.1) is 0 Å². The number of hydrogen-bond donors (Lipinski definition) is 0. The molecule has 0 unspecified atom stereocenters. The van der Waals surface area contributed by atoms with Crippen molar-refractivity contribution in [3.63, 3.8) is 0 Å². The summed E-state index contributed by atoms with van der Waals surface area (Å²) in [6.45, 7) is 0. The van der Waals surface area contributed by atoms with Crippen LogP contribution in [0.15, 0.2) is 36.4 Å². The van der Waals surface area contributed by atoms with Gasteiger partial charge >= 0.3 is 0 Å². The predicted molar refractivity (Wildman–Crippen MR) is 72.3 cm³/mol. The first kappa shape index (κ1) is 9.49. The minimum absolute atomic E-state index is 0.824. The number of rotatable bonds is 0. The fourth-order valence-corrected chi connectivity index (χ4v) is 3.24. The van der Waals surface area contributed by atoms with E-state index in [-0.39, 0.29) is 0 Å². The first-order chi connectivity index (χ1) is 8.34. The van der Waals surface area contributed by atoms with Gasteiger partial charge in [-0.2, -0.15) is 0 Å². The number of hydrogen-bond acceptors (Lipinski definition) is 0. The number of halogens is 1. The lowest BCUT2D eigenvalue weighted by Gasteiger charge is -2.07. The minimum atomic E-state index is 0.824. The van der Waals surface area contributed by atoms with Crippen molar-refractivity contribution in [2.75, 3.05) is 0 Å². The highest BCUT2D eigenvalue weighted by Crippen LogP contribution is 2.35. The first-order valence-corrected chi connectivity index (χ1v) is 6.35. The lowest BCUT2D eigenvalue weighted by molar-refractivity contribution is 1.09. The average molecular weight is 239 g/mol. The molecule has 0 bridgehead atoms. The van der Waals surface area contributed by atoms with Crippen LogP contribution in [0.3, 0.4) is 0 Å². The Morgan fingerprint density at radius 2 is 1.88 bits per heavy atom. The molecule has 0 atom stereocenters. The van der Waals surface area contributed by atoms with Crippen molar-refractivity contribution in [2.45, 2.75) is 12.8 Å². The molecule has 2 aromatic carbocycles. The Labute approximate surface area is 105 Å². The molecular weight excluding hydrogens is 228 g/mol. The van der Waals surface area contributed by atoms with Gasteiger partial charge in [0.25, 0.3) is 0 Å². The van der Waals surface area contributed by atoms with Crippen molar-refractivity contribution < 1.29 is 0 Å². The summed E-state index contributed by atoms with van der Waals surface area (Å²) in [5.41, 5.74) is 5.54. The topological polar surface area (TPSA) is 0 Å². The van der Waals surface area contributed by atoms with Crippen LogP contribution in [-0.2, 0) is 0 Å². The maximum atomic E-state index is 6.12. The van der Waals surface area contributed by atoms with Gasteiger partial charge in [-0.3, -0.25) is 0 Å². The third kappa shape index (κ3) is 1.19. The van der Waals surface area contributed by atoms with E-state index in [0.29, 0.717) is 0 Å². The second kappa shape index (κ2) is 3.24. The Kier molecular flexibility index (Phi) is 1.81. The standard InChI is InChI=1S/C16H11Cl/c17-11-7-8-12-13-5-1-3-10-4-2-6-14(16(10)13)15(12)9-11/h2-4,6-9H,1,5H2. The molecule has 0 N–H and O–H groups in total. The smallest absolute Gasteiger partial charge is 0.0412 e. The van der Waals surface area contributed by atoms with Crippen LogP contribution in [0.4, 0.5) is 0 Å². The summed E-state index contributed by atoms with van der Waals surface area (Å²) in [6.07, 6.45) is 4.64. The SMILES string of the molecule is Clc1ccc2c(c1)-c1cccc3c1=C2CCC=3. The van der Waals surface area contributed by atoms with E-state index in [4.69, 9.17) is 11.6 Å². The Balaban J connectivity index is 2.24. The number of benzene rings is 2. The molecule has 0 nitrogen and oxygen atoms in total. The molecule has 2 aliphatic carbocycles. The van der Waals surface area contributed by atoms with Gasteiger partial charge in [0.1, 0.15) is 0 Å². The van der Waals surface area contributed by atoms with E-state index >= 15 is 0 Å². The molecule has 1 heteroatoms. The van der Waals surface area contributed by atoms with Gasteiger partial charge in [0.05, 0.1) is 0 Å².